The molecule has 0 saturated heterocycles. The number of H-pyrrole nitrogens is 1. The molecule has 0 bridgehead atoms. The largest absolute Gasteiger partial charge is 0.461 e. The summed E-state index contributed by atoms with van der Waals surface area (Å²) in [5, 5.41) is 0.791. The Kier molecular flexibility index (Phi) is 4.63. The SMILES string of the molecule is CCOC(=O)c1[nH]c2c([C@H](C)n3cc(C=O)oc3=O)cccc2c1Br. The molecule has 130 valence electrons. The van der Waals surface area contributed by atoms with Crippen LogP contribution >= 0.6 is 15.9 Å². The molecule has 0 saturated carbocycles. The maximum Gasteiger partial charge on any atom is 0.420 e. The Morgan fingerprint density at radius 2 is 2.24 bits per heavy atom. The van der Waals surface area contributed by atoms with Gasteiger partial charge in [-0.15, -0.1) is 0 Å². The first-order valence-corrected chi connectivity index (χ1v) is 8.41. The van der Waals surface area contributed by atoms with Crippen LogP contribution in [0.15, 0.2) is 38.1 Å². The Morgan fingerprint density at radius 3 is 2.88 bits per heavy atom. The summed E-state index contributed by atoms with van der Waals surface area (Å²) in [6.07, 6.45) is 1.85. The fraction of sp³-hybridized carbons (Fsp3) is 0.235. The van der Waals surface area contributed by atoms with Crippen molar-refractivity contribution in [3.63, 3.8) is 0 Å². The quantitative estimate of drug-likeness (QED) is 0.518. The number of nitrogens with zero attached hydrogens (tertiary/aromatic N) is 1. The van der Waals surface area contributed by atoms with Crippen molar-refractivity contribution in [1.82, 2.24) is 9.55 Å². The molecule has 7 nitrogen and oxygen atoms in total. The van der Waals surface area contributed by atoms with Gasteiger partial charge in [0.05, 0.1) is 28.8 Å². The number of ether oxygens (including phenoxy) is 1. The summed E-state index contributed by atoms with van der Waals surface area (Å²) >= 11 is 3.43. The van der Waals surface area contributed by atoms with E-state index in [1.54, 1.807) is 13.8 Å². The summed E-state index contributed by atoms with van der Waals surface area (Å²) < 4.78 is 11.8. The predicted octanol–water partition coefficient (Wildman–Crippen LogP) is 3.28. The Balaban J connectivity index is 2.14. The van der Waals surface area contributed by atoms with Gasteiger partial charge in [-0.1, -0.05) is 18.2 Å². The molecule has 8 heteroatoms. The summed E-state index contributed by atoms with van der Waals surface area (Å²) in [5.74, 6) is -1.13. The van der Waals surface area contributed by atoms with Gasteiger partial charge < -0.3 is 14.1 Å². The molecular weight excluding hydrogens is 392 g/mol. The minimum absolute atomic E-state index is 0.0381. The van der Waals surface area contributed by atoms with Crippen LogP contribution < -0.4 is 5.76 Å². The lowest BCUT2D eigenvalue weighted by molar-refractivity contribution is 0.0519. The number of halogens is 1. The molecular formula is C17H15BrN2O5. The van der Waals surface area contributed by atoms with Crippen molar-refractivity contribution < 1.29 is 18.7 Å². The monoisotopic (exact) mass is 406 g/mol. The van der Waals surface area contributed by atoms with Crippen LogP contribution in [0, 0.1) is 0 Å². The second kappa shape index (κ2) is 6.72. The van der Waals surface area contributed by atoms with Crippen LogP contribution in [0.1, 0.15) is 46.5 Å². The molecule has 2 aromatic heterocycles. The number of nitrogens with one attached hydrogen (secondary N) is 1. The van der Waals surface area contributed by atoms with Crippen LogP contribution in [-0.2, 0) is 4.74 Å². The highest BCUT2D eigenvalue weighted by atomic mass is 79.9. The molecule has 0 fully saturated rings. The highest BCUT2D eigenvalue weighted by Crippen LogP contribution is 2.33. The zero-order valence-electron chi connectivity index (χ0n) is 13.5. The number of benzene rings is 1. The zero-order chi connectivity index (χ0) is 18.1. The molecule has 3 aromatic rings. The van der Waals surface area contributed by atoms with E-state index >= 15 is 0 Å². The summed E-state index contributed by atoms with van der Waals surface area (Å²) in [4.78, 5) is 37.9. The molecule has 3 rings (SSSR count). The van der Waals surface area contributed by atoms with E-state index in [0.717, 1.165) is 10.9 Å². The Morgan fingerprint density at radius 1 is 1.48 bits per heavy atom. The Bertz CT molecular complexity index is 1010. The normalized spacial score (nSPS) is 12.3. The number of aromatic amines is 1. The standard InChI is InChI=1S/C17H15BrN2O5/c1-3-24-16(22)15-13(18)12-6-4-5-11(14(12)19-15)9(2)20-7-10(8-21)25-17(20)23/h4-9,19H,3H2,1-2H3/t9-/m0/s1. The van der Waals surface area contributed by atoms with Gasteiger partial charge in [0.15, 0.2) is 12.0 Å². The van der Waals surface area contributed by atoms with Crippen molar-refractivity contribution in [2.75, 3.05) is 6.61 Å². The minimum Gasteiger partial charge on any atom is -0.461 e. The number of rotatable bonds is 5. The minimum atomic E-state index is -0.622. The molecule has 0 radical (unpaired) electrons. The first-order chi connectivity index (χ1) is 12.0. The fourth-order valence-corrected chi connectivity index (χ4v) is 3.33. The number of para-hydroxylation sites is 1. The van der Waals surface area contributed by atoms with Gasteiger partial charge in [-0.05, 0) is 35.3 Å². The summed E-state index contributed by atoms with van der Waals surface area (Å²) in [6, 6.07) is 5.11. The van der Waals surface area contributed by atoms with Gasteiger partial charge in [0.25, 0.3) is 0 Å². The average molecular weight is 407 g/mol. The number of aromatic nitrogens is 2. The molecule has 0 aliphatic heterocycles. The van der Waals surface area contributed by atoms with Gasteiger partial charge in [-0.25, -0.2) is 9.59 Å². The number of oxazole rings is 1. The smallest absolute Gasteiger partial charge is 0.420 e. The second-order valence-corrected chi connectivity index (χ2v) is 6.20. The lowest BCUT2D eigenvalue weighted by Crippen LogP contribution is -2.18. The van der Waals surface area contributed by atoms with Crippen LogP contribution in [0.25, 0.3) is 10.9 Å². The van der Waals surface area contributed by atoms with Crippen LogP contribution in [-0.4, -0.2) is 28.4 Å². The third-order valence-corrected chi connectivity index (χ3v) is 4.77. The summed E-state index contributed by atoms with van der Waals surface area (Å²) in [5.41, 5.74) is 1.78. The fourth-order valence-electron chi connectivity index (χ4n) is 2.74. The van der Waals surface area contributed by atoms with Crippen molar-refractivity contribution in [3.05, 3.63) is 56.4 Å². The van der Waals surface area contributed by atoms with E-state index in [2.05, 4.69) is 20.9 Å². The molecule has 0 amide bonds. The Hall–Kier alpha value is -2.61. The van der Waals surface area contributed by atoms with Gasteiger partial charge in [0.1, 0.15) is 5.69 Å². The highest BCUT2D eigenvalue weighted by Gasteiger charge is 2.22. The second-order valence-electron chi connectivity index (χ2n) is 5.40. The Labute approximate surface area is 150 Å². The molecule has 0 spiro atoms. The average Bonchev–Trinajstić information content (AvgIpc) is 3.15. The molecule has 0 unspecified atom stereocenters. The number of fused-ring (bicyclic) bond motifs is 1. The third kappa shape index (κ3) is 2.93. The van der Waals surface area contributed by atoms with Crippen molar-refractivity contribution in [3.8, 4) is 0 Å². The summed E-state index contributed by atoms with van der Waals surface area (Å²) in [7, 11) is 0. The number of carbonyl (C=O) groups is 2. The lowest BCUT2D eigenvalue weighted by Gasteiger charge is -2.13. The molecule has 0 aliphatic carbocycles. The van der Waals surface area contributed by atoms with E-state index in [9.17, 15) is 14.4 Å². The van der Waals surface area contributed by atoms with Crippen LogP contribution in [0.3, 0.4) is 0 Å². The molecule has 1 N–H and O–H groups in total. The van der Waals surface area contributed by atoms with Crippen molar-refractivity contribution in [2.24, 2.45) is 0 Å². The highest BCUT2D eigenvalue weighted by molar-refractivity contribution is 9.10. The van der Waals surface area contributed by atoms with Crippen molar-refractivity contribution in [2.45, 2.75) is 19.9 Å². The van der Waals surface area contributed by atoms with Crippen LogP contribution in [0.5, 0.6) is 0 Å². The molecule has 2 heterocycles. The van der Waals surface area contributed by atoms with Gasteiger partial charge in [-0.2, -0.15) is 0 Å². The third-order valence-electron chi connectivity index (χ3n) is 3.95. The number of hydrogen-bond acceptors (Lipinski definition) is 5. The molecule has 0 aliphatic rings. The van der Waals surface area contributed by atoms with Crippen molar-refractivity contribution in [1.29, 1.82) is 0 Å². The number of carbonyl (C=O) groups excluding carboxylic acids is 2. The van der Waals surface area contributed by atoms with E-state index < -0.39 is 17.8 Å². The first-order valence-electron chi connectivity index (χ1n) is 7.62. The summed E-state index contributed by atoms with van der Waals surface area (Å²) in [6.45, 7) is 3.81. The van der Waals surface area contributed by atoms with E-state index in [4.69, 9.17) is 9.15 Å². The molecule has 1 aromatic carbocycles. The van der Waals surface area contributed by atoms with Crippen molar-refractivity contribution >= 4 is 39.1 Å². The van der Waals surface area contributed by atoms with Crippen LogP contribution in [0.2, 0.25) is 0 Å². The van der Waals surface area contributed by atoms with E-state index in [0.29, 0.717) is 22.0 Å². The lowest BCUT2D eigenvalue weighted by atomic mass is 10.1. The number of aldehydes is 1. The number of hydrogen-bond donors (Lipinski definition) is 1. The topological polar surface area (TPSA) is 94.3 Å². The van der Waals surface area contributed by atoms with Crippen LogP contribution in [0.4, 0.5) is 0 Å². The maximum atomic E-state index is 12.1. The van der Waals surface area contributed by atoms with E-state index in [1.807, 2.05) is 18.2 Å². The first kappa shape index (κ1) is 17.2. The molecule has 25 heavy (non-hydrogen) atoms. The predicted molar refractivity (Wildman–Crippen MR) is 94.1 cm³/mol. The zero-order valence-corrected chi connectivity index (χ0v) is 15.1. The van der Waals surface area contributed by atoms with Gasteiger partial charge >= 0.3 is 11.7 Å². The van der Waals surface area contributed by atoms with Gasteiger partial charge in [0.2, 0.25) is 0 Å². The van der Waals surface area contributed by atoms with Gasteiger partial charge in [-0.3, -0.25) is 9.36 Å². The maximum absolute atomic E-state index is 12.1. The van der Waals surface area contributed by atoms with E-state index in [1.165, 1.54) is 10.8 Å². The van der Waals surface area contributed by atoms with E-state index in [-0.39, 0.29) is 12.4 Å². The van der Waals surface area contributed by atoms with Gasteiger partial charge in [0, 0.05) is 5.39 Å². The number of esters is 1. The molecule has 1 atom stereocenters.